The lowest BCUT2D eigenvalue weighted by Crippen LogP contribution is -2.32. The van der Waals surface area contributed by atoms with E-state index >= 15 is 0 Å². The minimum atomic E-state index is -0.168. The van der Waals surface area contributed by atoms with Gasteiger partial charge in [-0.15, -0.1) is 0 Å². The van der Waals surface area contributed by atoms with Crippen molar-refractivity contribution >= 4 is 61.2 Å². The Labute approximate surface area is 215 Å². The van der Waals surface area contributed by atoms with Gasteiger partial charge >= 0.3 is 0 Å². The predicted molar refractivity (Wildman–Crippen MR) is 141 cm³/mol. The third-order valence-electron chi connectivity index (χ3n) is 6.24. The molecule has 2 aliphatic rings. The summed E-state index contributed by atoms with van der Waals surface area (Å²) in [5.74, 6) is -0.0218. The first-order chi connectivity index (χ1) is 16.0. The van der Waals surface area contributed by atoms with Crippen molar-refractivity contribution in [1.82, 2.24) is 5.01 Å². The number of hydrazone groups is 1. The Morgan fingerprint density at radius 3 is 2.33 bits per heavy atom. The van der Waals surface area contributed by atoms with Crippen LogP contribution in [0.15, 0.2) is 92.4 Å². The standard InChI is InChI=1S/C27H21Br2ClN2O/c28-20-12-8-17(9-13-20)16-19-4-3-6-23-25(19)31-32(26(23)18-10-14-21(29)15-11-18)27(33)22-5-1-2-7-24(22)30/h1-2,5,7-16,23,26H,3-4,6H2. The highest BCUT2D eigenvalue weighted by molar-refractivity contribution is 9.10. The second-order valence-electron chi connectivity index (χ2n) is 8.33. The number of fused-ring (bicyclic) bond motifs is 1. The molecule has 2 unspecified atom stereocenters. The number of benzene rings is 3. The van der Waals surface area contributed by atoms with Gasteiger partial charge in [0.1, 0.15) is 0 Å². The molecule has 6 heteroatoms. The van der Waals surface area contributed by atoms with Gasteiger partial charge < -0.3 is 0 Å². The smallest absolute Gasteiger partial charge is 0.267 e. The van der Waals surface area contributed by atoms with Gasteiger partial charge in [-0.25, -0.2) is 5.01 Å². The Kier molecular flexibility index (Phi) is 6.55. The van der Waals surface area contributed by atoms with Crippen LogP contribution in [0.3, 0.4) is 0 Å². The molecular formula is C27H21Br2ClN2O. The molecule has 1 fully saturated rings. The van der Waals surface area contributed by atoms with Gasteiger partial charge in [-0.2, -0.15) is 5.10 Å². The summed E-state index contributed by atoms with van der Waals surface area (Å²) >= 11 is 13.4. The molecule has 3 nitrogen and oxygen atoms in total. The Morgan fingerprint density at radius 2 is 1.64 bits per heavy atom. The van der Waals surface area contributed by atoms with Gasteiger partial charge in [0.15, 0.2) is 0 Å². The maximum atomic E-state index is 13.7. The molecule has 0 aromatic heterocycles. The fourth-order valence-corrected chi connectivity index (χ4v) is 5.42. The number of amides is 1. The van der Waals surface area contributed by atoms with E-state index in [4.69, 9.17) is 16.7 Å². The number of hydrogen-bond donors (Lipinski definition) is 0. The van der Waals surface area contributed by atoms with E-state index in [1.807, 2.05) is 36.4 Å². The normalized spacial score (nSPS) is 21.1. The molecule has 5 rings (SSSR count). The number of carbonyl (C=O) groups excluding carboxylic acids is 1. The SMILES string of the molecule is O=C(c1ccccc1Cl)N1N=C2C(=Cc3ccc(Br)cc3)CCCC2C1c1ccc(Br)cc1. The molecule has 33 heavy (non-hydrogen) atoms. The van der Waals surface area contributed by atoms with Crippen LogP contribution in [0, 0.1) is 5.92 Å². The highest BCUT2D eigenvalue weighted by atomic mass is 79.9. The molecule has 1 aliphatic carbocycles. The largest absolute Gasteiger partial charge is 0.276 e. The molecule has 0 saturated heterocycles. The molecule has 0 spiro atoms. The van der Waals surface area contributed by atoms with Crippen LogP contribution in [-0.2, 0) is 0 Å². The van der Waals surface area contributed by atoms with Crippen LogP contribution in [0.25, 0.3) is 6.08 Å². The lowest BCUT2D eigenvalue weighted by molar-refractivity contribution is 0.0681. The van der Waals surface area contributed by atoms with Gasteiger partial charge in [-0.3, -0.25) is 4.79 Å². The van der Waals surface area contributed by atoms with E-state index in [-0.39, 0.29) is 17.9 Å². The van der Waals surface area contributed by atoms with Crippen molar-refractivity contribution in [3.8, 4) is 0 Å². The molecule has 1 aliphatic heterocycles. The lowest BCUT2D eigenvalue weighted by atomic mass is 9.77. The van der Waals surface area contributed by atoms with Gasteiger partial charge in [0.2, 0.25) is 0 Å². The number of carbonyl (C=O) groups is 1. The van der Waals surface area contributed by atoms with Crippen molar-refractivity contribution in [1.29, 1.82) is 0 Å². The summed E-state index contributed by atoms with van der Waals surface area (Å²) < 4.78 is 2.06. The van der Waals surface area contributed by atoms with Crippen molar-refractivity contribution in [2.45, 2.75) is 25.3 Å². The summed E-state index contributed by atoms with van der Waals surface area (Å²) in [6.45, 7) is 0. The van der Waals surface area contributed by atoms with Crippen LogP contribution in [0.5, 0.6) is 0 Å². The van der Waals surface area contributed by atoms with Crippen LogP contribution in [0.4, 0.5) is 0 Å². The van der Waals surface area contributed by atoms with Crippen molar-refractivity contribution in [2.75, 3.05) is 0 Å². The van der Waals surface area contributed by atoms with Crippen LogP contribution in [0.1, 0.15) is 46.8 Å². The summed E-state index contributed by atoms with van der Waals surface area (Å²) in [6, 6.07) is 23.5. The number of halogens is 3. The molecule has 2 atom stereocenters. The van der Waals surface area contributed by atoms with Gasteiger partial charge in [0.05, 0.1) is 22.3 Å². The Balaban J connectivity index is 1.59. The van der Waals surface area contributed by atoms with E-state index in [0.717, 1.165) is 45.0 Å². The zero-order valence-electron chi connectivity index (χ0n) is 17.7. The average molecular weight is 585 g/mol. The van der Waals surface area contributed by atoms with E-state index < -0.39 is 0 Å². The Bertz CT molecular complexity index is 1250. The number of hydrogen-bond acceptors (Lipinski definition) is 2. The zero-order chi connectivity index (χ0) is 22.9. The molecule has 1 saturated carbocycles. The van der Waals surface area contributed by atoms with E-state index in [9.17, 15) is 4.79 Å². The molecule has 0 radical (unpaired) electrons. The first kappa shape index (κ1) is 22.6. The first-order valence-electron chi connectivity index (χ1n) is 10.9. The van der Waals surface area contributed by atoms with Gasteiger partial charge in [0, 0.05) is 14.9 Å². The maximum absolute atomic E-state index is 13.7. The quantitative estimate of drug-likeness (QED) is 0.305. The van der Waals surface area contributed by atoms with Gasteiger partial charge in [0.25, 0.3) is 5.91 Å². The second-order valence-corrected chi connectivity index (χ2v) is 10.6. The van der Waals surface area contributed by atoms with Crippen molar-refractivity contribution in [2.24, 2.45) is 11.0 Å². The van der Waals surface area contributed by atoms with Crippen molar-refractivity contribution in [3.05, 3.63) is 109 Å². The molecule has 0 bridgehead atoms. The third kappa shape index (κ3) is 4.59. The maximum Gasteiger partial charge on any atom is 0.276 e. The van der Waals surface area contributed by atoms with Crippen LogP contribution >= 0.6 is 43.5 Å². The summed E-state index contributed by atoms with van der Waals surface area (Å²) in [5.41, 5.74) is 4.89. The fraction of sp³-hybridized carbons (Fsp3) is 0.185. The highest BCUT2D eigenvalue weighted by Crippen LogP contribution is 2.45. The monoisotopic (exact) mass is 582 g/mol. The van der Waals surface area contributed by atoms with Crippen LogP contribution in [0.2, 0.25) is 5.02 Å². The van der Waals surface area contributed by atoms with E-state index in [1.54, 1.807) is 17.1 Å². The summed E-state index contributed by atoms with van der Waals surface area (Å²) in [6.07, 6.45) is 5.21. The third-order valence-corrected chi connectivity index (χ3v) is 7.62. The number of rotatable bonds is 3. The zero-order valence-corrected chi connectivity index (χ0v) is 21.6. The first-order valence-corrected chi connectivity index (χ1v) is 12.9. The predicted octanol–water partition coefficient (Wildman–Crippen LogP) is 8.30. The molecule has 1 heterocycles. The molecule has 1 amide bonds. The van der Waals surface area contributed by atoms with Crippen molar-refractivity contribution in [3.63, 3.8) is 0 Å². The highest BCUT2D eigenvalue weighted by Gasteiger charge is 2.44. The summed E-state index contributed by atoms with van der Waals surface area (Å²) in [5, 5.41) is 7.06. The number of allylic oxidation sites excluding steroid dienone is 1. The molecule has 0 N–H and O–H groups in total. The van der Waals surface area contributed by atoms with Crippen LogP contribution < -0.4 is 0 Å². The van der Waals surface area contributed by atoms with Crippen molar-refractivity contribution < 1.29 is 4.79 Å². The second kappa shape index (κ2) is 9.57. The van der Waals surface area contributed by atoms with E-state index in [0.29, 0.717) is 10.6 Å². The summed E-state index contributed by atoms with van der Waals surface area (Å²) in [7, 11) is 0. The molecular weight excluding hydrogens is 564 g/mol. The molecule has 166 valence electrons. The minimum absolute atomic E-state index is 0.146. The van der Waals surface area contributed by atoms with Crippen LogP contribution in [-0.4, -0.2) is 16.6 Å². The fourth-order valence-electron chi connectivity index (χ4n) is 4.68. The Hall–Kier alpha value is -2.21. The molecule has 3 aromatic rings. The molecule has 3 aromatic carbocycles. The van der Waals surface area contributed by atoms with E-state index in [1.165, 1.54) is 5.57 Å². The van der Waals surface area contributed by atoms with Gasteiger partial charge in [-0.05, 0) is 78.4 Å². The topological polar surface area (TPSA) is 32.7 Å². The van der Waals surface area contributed by atoms with Gasteiger partial charge in [-0.1, -0.05) is 79.9 Å². The number of nitrogens with zero attached hydrogens (tertiary/aromatic N) is 2. The lowest BCUT2D eigenvalue weighted by Gasteiger charge is -2.30. The minimum Gasteiger partial charge on any atom is -0.267 e. The Morgan fingerprint density at radius 1 is 0.970 bits per heavy atom. The summed E-state index contributed by atoms with van der Waals surface area (Å²) in [4.78, 5) is 13.7. The average Bonchev–Trinajstić information content (AvgIpc) is 3.22. The van der Waals surface area contributed by atoms with E-state index in [2.05, 4.69) is 62.2 Å².